The van der Waals surface area contributed by atoms with Crippen LogP contribution < -0.4 is 5.32 Å². The highest BCUT2D eigenvalue weighted by atomic mass is 16.4. The normalized spacial score (nSPS) is 26.7. The van der Waals surface area contributed by atoms with Gasteiger partial charge in [-0.2, -0.15) is 0 Å². The van der Waals surface area contributed by atoms with Crippen LogP contribution in [-0.2, 0) is 9.59 Å². The highest BCUT2D eigenvalue weighted by Crippen LogP contribution is 2.23. The van der Waals surface area contributed by atoms with Crippen molar-refractivity contribution in [2.24, 2.45) is 11.8 Å². The molecule has 2 atom stereocenters. The van der Waals surface area contributed by atoms with Gasteiger partial charge in [-0.1, -0.05) is 0 Å². The van der Waals surface area contributed by atoms with Gasteiger partial charge in [0, 0.05) is 25.9 Å². The van der Waals surface area contributed by atoms with Crippen molar-refractivity contribution >= 4 is 11.9 Å². The van der Waals surface area contributed by atoms with E-state index >= 15 is 0 Å². The molecule has 0 spiro atoms. The number of piperidine rings is 1. The molecule has 0 aromatic rings. The maximum Gasteiger partial charge on any atom is 0.303 e. The average molecular weight is 282 g/mol. The van der Waals surface area contributed by atoms with E-state index in [-0.39, 0.29) is 12.3 Å². The quantitative estimate of drug-likeness (QED) is 0.774. The molecule has 0 bridgehead atoms. The van der Waals surface area contributed by atoms with E-state index < -0.39 is 5.97 Å². The van der Waals surface area contributed by atoms with Crippen LogP contribution in [0.5, 0.6) is 0 Å². The molecule has 5 nitrogen and oxygen atoms in total. The lowest BCUT2D eigenvalue weighted by Gasteiger charge is -2.23. The summed E-state index contributed by atoms with van der Waals surface area (Å²) in [5, 5.41) is 12.1. The maximum absolute atomic E-state index is 12.2. The number of nitrogens with zero attached hydrogens (tertiary/aromatic N) is 1. The number of carboxylic acids is 1. The number of likely N-dealkylation sites (tertiary alicyclic amines) is 1. The van der Waals surface area contributed by atoms with Gasteiger partial charge in [0.2, 0.25) is 5.91 Å². The lowest BCUT2D eigenvalue weighted by molar-refractivity contribution is -0.137. The van der Waals surface area contributed by atoms with E-state index in [9.17, 15) is 9.59 Å². The number of hydrogen-bond donors (Lipinski definition) is 2. The fourth-order valence-electron chi connectivity index (χ4n) is 3.28. The summed E-state index contributed by atoms with van der Waals surface area (Å²) < 4.78 is 0. The summed E-state index contributed by atoms with van der Waals surface area (Å²) in [6, 6.07) is 0. The van der Waals surface area contributed by atoms with Crippen molar-refractivity contribution in [3.05, 3.63) is 0 Å². The van der Waals surface area contributed by atoms with Gasteiger partial charge in [0.15, 0.2) is 0 Å². The van der Waals surface area contributed by atoms with E-state index in [2.05, 4.69) is 5.32 Å². The van der Waals surface area contributed by atoms with Crippen molar-refractivity contribution in [3.8, 4) is 0 Å². The van der Waals surface area contributed by atoms with E-state index in [0.717, 1.165) is 39.0 Å². The Morgan fingerprint density at radius 1 is 1.15 bits per heavy atom. The predicted molar refractivity (Wildman–Crippen MR) is 76.4 cm³/mol. The summed E-state index contributed by atoms with van der Waals surface area (Å²) in [6.45, 7) is 3.73. The van der Waals surface area contributed by atoms with Crippen molar-refractivity contribution in [3.63, 3.8) is 0 Å². The topological polar surface area (TPSA) is 69.6 Å². The lowest BCUT2D eigenvalue weighted by atomic mass is 9.94. The largest absolute Gasteiger partial charge is 0.481 e. The van der Waals surface area contributed by atoms with Crippen molar-refractivity contribution in [1.82, 2.24) is 10.2 Å². The molecule has 0 radical (unpaired) electrons. The van der Waals surface area contributed by atoms with Gasteiger partial charge in [-0.25, -0.2) is 0 Å². The highest BCUT2D eigenvalue weighted by Gasteiger charge is 2.26. The monoisotopic (exact) mass is 282 g/mol. The van der Waals surface area contributed by atoms with Gasteiger partial charge in [0.1, 0.15) is 0 Å². The molecular weight excluding hydrogens is 256 g/mol. The lowest BCUT2D eigenvalue weighted by Crippen LogP contribution is -2.32. The molecule has 0 aromatic heterocycles. The average Bonchev–Trinajstić information content (AvgIpc) is 2.92. The predicted octanol–water partition coefficient (Wildman–Crippen LogP) is 1.48. The third-order valence-electron chi connectivity index (χ3n) is 4.57. The highest BCUT2D eigenvalue weighted by molar-refractivity contribution is 5.76. The molecule has 5 heteroatoms. The minimum Gasteiger partial charge on any atom is -0.481 e. The van der Waals surface area contributed by atoms with Crippen LogP contribution in [0.15, 0.2) is 0 Å². The van der Waals surface area contributed by atoms with Crippen LogP contribution in [0.25, 0.3) is 0 Å². The Labute approximate surface area is 120 Å². The van der Waals surface area contributed by atoms with Crippen LogP contribution in [0.3, 0.4) is 0 Å². The molecule has 2 fully saturated rings. The summed E-state index contributed by atoms with van der Waals surface area (Å²) in [5.74, 6) is 0.553. The van der Waals surface area contributed by atoms with Crippen molar-refractivity contribution < 1.29 is 14.7 Å². The van der Waals surface area contributed by atoms with E-state index in [1.165, 1.54) is 12.8 Å². The standard InChI is InChI=1S/C15H26N2O3/c18-14(5-3-12-2-1-8-16-10-12)17-9-7-13(11-17)4-6-15(19)20/h12-13,16H,1-11H2,(H,19,20). The minimum absolute atomic E-state index is 0.223. The number of aliphatic carboxylic acids is 1. The van der Waals surface area contributed by atoms with E-state index in [0.29, 0.717) is 24.7 Å². The molecule has 0 saturated carbocycles. The second kappa shape index (κ2) is 7.62. The first-order chi connectivity index (χ1) is 9.65. The van der Waals surface area contributed by atoms with Crippen molar-refractivity contribution in [2.45, 2.75) is 44.9 Å². The van der Waals surface area contributed by atoms with Gasteiger partial charge < -0.3 is 15.3 Å². The van der Waals surface area contributed by atoms with Gasteiger partial charge in [0.25, 0.3) is 0 Å². The third kappa shape index (κ3) is 4.78. The molecule has 2 aliphatic heterocycles. The first-order valence-corrected chi connectivity index (χ1v) is 7.85. The Kier molecular flexibility index (Phi) is 5.83. The fourth-order valence-corrected chi connectivity index (χ4v) is 3.28. The molecule has 1 amide bonds. The second-order valence-electron chi connectivity index (χ2n) is 6.18. The third-order valence-corrected chi connectivity index (χ3v) is 4.57. The summed E-state index contributed by atoms with van der Waals surface area (Å²) in [7, 11) is 0. The zero-order chi connectivity index (χ0) is 14.4. The van der Waals surface area contributed by atoms with Gasteiger partial charge in [-0.3, -0.25) is 9.59 Å². The van der Waals surface area contributed by atoms with E-state index in [1.807, 2.05) is 4.90 Å². The molecular formula is C15H26N2O3. The fraction of sp³-hybridized carbons (Fsp3) is 0.867. The molecule has 0 aliphatic carbocycles. The number of amides is 1. The zero-order valence-electron chi connectivity index (χ0n) is 12.1. The Bertz CT molecular complexity index is 340. The second-order valence-corrected chi connectivity index (χ2v) is 6.18. The van der Waals surface area contributed by atoms with Crippen molar-refractivity contribution in [1.29, 1.82) is 0 Å². The van der Waals surface area contributed by atoms with Gasteiger partial charge >= 0.3 is 5.97 Å². The molecule has 2 heterocycles. The number of hydrogen-bond acceptors (Lipinski definition) is 3. The molecule has 20 heavy (non-hydrogen) atoms. The molecule has 2 saturated heterocycles. The molecule has 114 valence electrons. The number of carbonyl (C=O) groups excluding carboxylic acids is 1. The summed E-state index contributed by atoms with van der Waals surface area (Å²) in [5.41, 5.74) is 0. The Hall–Kier alpha value is -1.10. The Balaban J connectivity index is 1.64. The first-order valence-electron chi connectivity index (χ1n) is 7.85. The molecule has 2 aliphatic rings. The van der Waals surface area contributed by atoms with Crippen LogP contribution in [0.2, 0.25) is 0 Å². The van der Waals surface area contributed by atoms with Crippen LogP contribution >= 0.6 is 0 Å². The number of nitrogens with one attached hydrogen (secondary N) is 1. The van der Waals surface area contributed by atoms with Crippen molar-refractivity contribution in [2.75, 3.05) is 26.2 Å². The van der Waals surface area contributed by atoms with Crippen LogP contribution in [0.4, 0.5) is 0 Å². The van der Waals surface area contributed by atoms with Gasteiger partial charge in [0.05, 0.1) is 0 Å². The molecule has 2 N–H and O–H groups in total. The number of carboxylic acid groups (broad SMARTS) is 1. The van der Waals surface area contributed by atoms with Crippen LogP contribution in [0, 0.1) is 11.8 Å². The Morgan fingerprint density at radius 2 is 1.95 bits per heavy atom. The van der Waals surface area contributed by atoms with Gasteiger partial charge in [-0.05, 0) is 57.0 Å². The summed E-state index contributed by atoms with van der Waals surface area (Å²) in [6.07, 6.45) is 5.98. The molecule has 2 rings (SSSR count). The first kappa shape index (κ1) is 15.3. The molecule has 2 unspecified atom stereocenters. The van der Waals surface area contributed by atoms with Gasteiger partial charge in [-0.15, -0.1) is 0 Å². The van der Waals surface area contributed by atoms with Crippen LogP contribution in [-0.4, -0.2) is 48.1 Å². The summed E-state index contributed by atoms with van der Waals surface area (Å²) in [4.78, 5) is 24.7. The molecule has 0 aromatic carbocycles. The number of rotatable bonds is 6. The minimum atomic E-state index is -0.737. The van der Waals surface area contributed by atoms with Crippen LogP contribution in [0.1, 0.15) is 44.9 Å². The summed E-state index contributed by atoms with van der Waals surface area (Å²) >= 11 is 0. The maximum atomic E-state index is 12.2. The van der Waals surface area contributed by atoms with E-state index in [4.69, 9.17) is 5.11 Å². The Morgan fingerprint density at radius 3 is 2.65 bits per heavy atom. The number of carbonyl (C=O) groups is 2. The smallest absolute Gasteiger partial charge is 0.303 e. The zero-order valence-corrected chi connectivity index (χ0v) is 12.1. The SMILES string of the molecule is O=C(O)CCC1CCN(C(=O)CCC2CCCNC2)C1. The van der Waals surface area contributed by atoms with E-state index in [1.54, 1.807) is 0 Å².